The lowest BCUT2D eigenvalue weighted by atomic mass is 9.99. The summed E-state index contributed by atoms with van der Waals surface area (Å²) in [5.74, 6) is 0.587. The van der Waals surface area contributed by atoms with Crippen LogP contribution in [0.1, 0.15) is 19.8 Å². The first-order valence-corrected chi connectivity index (χ1v) is 7.99. The van der Waals surface area contributed by atoms with Gasteiger partial charge in [0.25, 0.3) is 0 Å². The second-order valence-electron chi connectivity index (χ2n) is 5.37. The van der Waals surface area contributed by atoms with Crippen molar-refractivity contribution in [1.82, 2.24) is 10.2 Å². The van der Waals surface area contributed by atoms with E-state index < -0.39 is 0 Å². The van der Waals surface area contributed by atoms with E-state index in [1.807, 2.05) is 18.2 Å². The Balaban J connectivity index is 1.75. The molecule has 0 saturated carbocycles. The Labute approximate surface area is 123 Å². The lowest BCUT2D eigenvalue weighted by molar-refractivity contribution is 0.472. The van der Waals surface area contributed by atoms with Crippen LogP contribution in [0.4, 0.5) is 5.13 Å². The standard InChI is InChI=1S/C15H20N4S/c1-2-6-12-9-19(10-13(12)16)15-18-17-14(20-15)11-7-4-3-5-8-11/h3-5,7-8,12-13H,2,6,9-10,16H2,1H3. The summed E-state index contributed by atoms with van der Waals surface area (Å²) >= 11 is 1.65. The van der Waals surface area contributed by atoms with E-state index in [1.54, 1.807) is 11.3 Å². The van der Waals surface area contributed by atoms with Gasteiger partial charge in [0.05, 0.1) is 0 Å². The van der Waals surface area contributed by atoms with E-state index in [1.165, 1.54) is 12.8 Å². The van der Waals surface area contributed by atoms with Crippen molar-refractivity contribution in [2.45, 2.75) is 25.8 Å². The average Bonchev–Trinajstić information content (AvgIpc) is 3.08. The van der Waals surface area contributed by atoms with E-state index in [0.29, 0.717) is 5.92 Å². The van der Waals surface area contributed by atoms with E-state index in [9.17, 15) is 0 Å². The number of nitrogens with zero attached hydrogens (tertiary/aromatic N) is 3. The summed E-state index contributed by atoms with van der Waals surface area (Å²) < 4.78 is 0. The molecule has 106 valence electrons. The number of nitrogens with two attached hydrogens (primary N) is 1. The molecule has 0 bridgehead atoms. The fraction of sp³-hybridized carbons (Fsp3) is 0.467. The fourth-order valence-corrected chi connectivity index (χ4v) is 3.64. The molecule has 0 amide bonds. The topological polar surface area (TPSA) is 55.0 Å². The van der Waals surface area contributed by atoms with Gasteiger partial charge >= 0.3 is 0 Å². The molecule has 3 rings (SSSR count). The van der Waals surface area contributed by atoms with Crippen molar-refractivity contribution in [3.8, 4) is 10.6 Å². The summed E-state index contributed by atoms with van der Waals surface area (Å²) in [7, 11) is 0. The summed E-state index contributed by atoms with van der Waals surface area (Å²) in [5.41, 5.74) is 7.35. The van der Waals surface area contributed by atoms with Crippen molar-refractivity contribution in [3.63, 3.8) is 0 Å². The van der Waals surface area contributed by atoms with E-state index >= 15 is 0 Å². The number of hydrogen-bond acceptors (Lipinski definition) is 5. The van der Waals surface area contributed by atoms with Gasteiger partial charge in [0.2, 0.25) is 5.13 Å². The molecule has 4 nitrogen and oxygen atoms in total. The zero-order chi connectivity index (χ0) is 13.9. The van der Waals surface area contributed by atoms with Crippen LogP contribution in [-0.2, 0) is 0 Å². The van der Waals surface area contributed by atoms with E-state index in [4.69, 9.17) is 5.73 Å². The molecule has 2 aromatic rings. The number of benzene rings is 1. The van der Waals surface area contributed by atoms with Gasteiger partial charge in [-0.25, -0.2) is 0 Å². The first-order valence-electron chi connectivity index (χ1n) is 7.17. The van der Waals surface area contributed by atoms with Crippen LogP contribution < -0.4 is 10.6 Å². The molecule has 1 aliphatic heterocycles. The first kappa shape index (κ1) is 13.5. The Morgan fingerprint density at radius 2 is 2.05 bits per heavy atom. The maximum atomic E-state index is 6.23. The Bertz CT molecular complexity index is 554. The largest absolute Gasteiger partial charge is 0.345 e. The second kappa shape index (κ2) is 5.89. The molecular weight excluding hydrogens is 268 g/mol. The SMILES string of the molecule is CCCC1CN(c2nnc(-c3ccccc3)s2)CC1N. The van der Waals surface area contributed by atoms with Crippen LogP contribution in [0.5, 0.6) is 0 Å². The van der Waals surface area contributed by atoms with Crippen LogP contribution in [0.25, 0.3) is 10.6 Å². The summed E-state index contributed by atoms with van der Waals surface area (Å²) in [4.78, 5) is 2.29. The lowest BCUT2D eigenvalue weighted by Crippen LogP contribution is -2.29. The van der Waals surface area contributed by atoms with E-state index in [2.05, 4.69) is 34.2 Å². The van der Waals surface area contributed by atoms with Crippen molar-refractivity contribution in [2.24, 2.45) is 11.7 Å². The van der Waals surface area contributed by atoms with Crippen molar-refractivity contribution in [2.75, 3.05) is 18.0 Å². The van der Waals surface area contributed by atoms with Crippen LogP contribution in [0.3, 0.4) is 0 Å². The summed E-state index contributed by atoms with van der Waals surface area (Å²) in [6, 6.07) is 10.5. The molecule has 1 aliphatic rings. The molecule has 2 atom stereocenters. The Morgan fingerprint density at radius 3 is 2.80 bits per heavy atom. The van der Waals surface area contributed by atoms with Gasteiger partial charge in [0.1, 0.15) is 5.01 Å². The van der Waals surface area contributed by atoms with Gasteiger partial charge in [-0.3, -0.25) is 0 Å². The molecule has 2 N–H and O–H groups in total. The highest BCUT2D eigenvalue weighted by Crippen LogP contribution is 2.32. The quantitative estimate of drug-likeness (QED) is 0.940. The molecule has 0 radical (unpaired) electrons. The lowest BCUT2D eigenvalue weighted by Gasteiger charge is -2.13. The maximum Gasteiger partial charge on any atom is 0.208 e. The highest BCUT2D eigenvalue weighted by Gasteiger charge is 2.31. The Kier molecular flexibility index (Phi) is 3.98. The van der Waals surface area contributed by atoms with Crippen LogP contribution in [-0.4, -0.2) is 29.3 Å². The highest BCUT2D eigenvalue weighted by atomic mass is 32.1. The number of aromatic nitrogens is 2. The van der Waals surface area contributed by atoms with Gasteiger partial charge in [-0.2, -0.15) is 0 Å². The molecule has 5 heteroatoms. The molecule has 0 aliphatic carbocycles. The third-order valence-electron chi connectivity index (χ3n) is 3.86. The average molecular weight is 288 g/mol. The second-order valence-corrected chi connectivity index (χ2v) is 6.33. The van der Waals surface area contributed by atoms with Gasteiger partial charge in [0.15, 0.2) is 0 Å². The van der Waals surface area contributed by atoms with E-state index in [-0.39, 0.29) is 6.04 Å². The molecule has 1 saturated heterocycles. The van der Waals surface area contributed by atoms with Crippen molar-refractivity contribution >= 4 is 16.5 Å². The van der Waals surface area contributed by atoms with Crippen LogP contribution >= 0.6 is 11.3 Å². The predicted octanol–water partition coefficient (Wildman–Crippen LogP) is 2.77. The minimum Gasteiger partial charge on any atom is -0.345 e. The summed E-state index contributed by atoms with van der Waals surface area (Å²) in [6.45, 7) is 4.13. The Hall–Kier alpha value is -1.46. The molecule has 2 heterocycles. The van der Waals surface area contributed by atoms with Gasteiger partial charge in [-0.05, 0) is 12.3 Å². The first-order chi connectivity index (χ1) is 9.78. The molecule has 2 unspecified atom stereocenters. The van der Waals surface area contributed by atoms with Crippen molar-refractivity contribution in [3.05, 3.63) is 30.3 Å². The monoisotopic (exact) mass is 288 g/mol. The van der Waals surface area contributed by atoms with Gasteiger partial charge in [-0.1, -0.05) is 55.0 Å². The summed E-state index contributed by atoms with van der Waals surface area (Å²) in [6.07, 6.45) is 2.39. The minimum atomic E-state index is 0.263. The zero-order valence-corrected chi connectivity index (χ0v) is 12.5. The predicted molar refractivity (Wildman–Crippen MR) is 83.9 cm³/mol. The van der Waals surface area contributed by atoms with Crippen molar-refractivity contribution < 1.29 is 0 Å². The van der Waals surface area contributed by atoms with Crippen LogP contribution in [0, 0.1) is 5.92 Å². The smallest absolute Gasteiger partial charge is 0.208 e. The Morgan fingerprint density at radius 1 is 1.25 bits per heavy atom. The molecule has 1 aromatic carbocycles. The molecular formula is C15H20N4S. The zero-order valence-electron chi connectivity index (χ0n) is 11.7. The normalized spacial score (nSPS) is 22.4. The van der Waals surface area contributed by atoms with Crippen molar-refractivity contribution in [1.29, 1.82) is 0 Å². The van der Waals surface area contributed by atoms with Gasteiger partial charge < -0.3 is 10.6 Å². The van der Waals surface area contributed by atoms with Crippen LogP contribution in [0.15, 0.2) is 30.3 Å². The third-order valence-corrected chi connectivity index (χ3v) is 4.89. The molecule has 20 heavy (non-hydrogen) atoms. The fourth-order valence-electron chi connectivity index (χ4n) is 2.77. The minimum absolute atomic E-state index is 0.263. The third kappa shape index (κ3) is 2.69. The number of hydrogen-bond donors (Lipinski definition) is 1. The molecule has 0 spiro atoms. The maximum absolute atomic E-state index is 6.23. The van der Waals surface area contributed by atoms with Gasteiger partial charge in [-0.15, -0.1) is 10.2 Å². The number of rotatable bonds is 4. The molecule has 1 aromatic heterocycles. The van der Waals surface area contributed by atoms with Crippen LogP contribution in [0.2, 0.25) is 0 Å². The highest BCUT2D eigenvalue weighted by molar-refractivity contribution is 7.18. The van der Waals surface area contributed by atoms with Gasteiger partial charge in [0, 0.05) is 24.7 Å². The summed E-state index contributed by atoms with van der Waals surface area (Å²) in [5, 5.41) is 10.6. The van der Waals surface area contributed by atoms with E-state index in [0.717, 1.165) is 28.8 Å². The molecule has 1 fully saturated rings. The number of anilines is 1.